The molecule has 0 atom stereocenters. The first-order valence-corrected chi connectivity index (χ1v) is 9.23. The van der Waals surface area contributed by atoms with Crippen LogP contribution in [0.15, 0.2) is 30.5 Å². The maximum absolute atomic E-state index is 12.9. The van der Waals surface area contributed by atoms with Gasteiger partial charge >= 0.3 is 6.03 Å². The second-order valence-corrected chi connectivity index (χ2v) is 7.75. The van der Waals surface area contributed by atoms with E-state index in [0.717, 1.165) is 29.3 Å². The van der Waals surface area contributed by atoms with Crippen LogP contribution in [-0.4, -0.2) is 40.5 Å². The number of benzene rings is 1. The van der Waals surface area contributed by atoms with Crippen LogP contribution in [0.5, 0.6) is 0 Å². The molecule has 1 fully saturated rings. The molecule has 0 unspecified atom stereocenters. The highest BCUT2D eigenvalue weighted by atomic mass is 16.2. The lowest BCUT2D eigenvalue weighted by Crippen LogP contribution is -2.50. The molecular weight excluding hydrogens is 328 g/mol. The maximum Gasteiger partial charge on any atom is 0.318 e. The molecule has 3 rings (SSSR count). The van der Waals surface area contributed by atoms with Crippen LogP contribution in [0.3, 0.4) is 0 Å². The maximum atomic E-state index is 12.9. The number of rotatable bonds is 7. The van der Waals surface area contributed by atoms with E-state index in [1.54, 1.807) is 7.05 Å². The quantitative estimate of drug-likeness (QED) is 0.713. The molecule has 1 heterocycles. The summed E-state index contributed by atoms with van der Waals surface area (Å²) in [6.45, 7) is 4.53. The van der Waals surface area contributed by atoms with Gasteiger partial charge in [-0.3, -0.25) is 4.79 Å². The summed E-state index contributed by atoms with van der Waals surface area (Å²) in [5.74, 6) is -0.00817. The first kappa shape index (κ1) is 18.3. The molecule has 3 N–H and O–H groups in total. The van der Waals surface area contributed by atoms with Crippen LogP contribution < -0.4 is 10.6 Å². The Balaban J connectivity index is 1.65. The van der Waals surface area contributed by atoms with Crippen LogP contribution >= 0.6 is 0 Å². The fourth-order valence-corrected chi connectivity index (χ4v) is 3.13. The van der Waals surface area contributed by atoms with Crippen molar-refractivity contribution in [3.63, 3.8) is 0 Å². The largest absolute Gasteiger partial charge is 0.361 e. The zero-order valence-electron chi connectivity index (χ0n) is 15.8. The molecular formula is C20H28N4O2. The zero-order chi connectivity index (χ0) is 18.7. The molecule has 1 aliphatic rings. The highest BCUT2D eigenvalue weighted by Gasteiger charge is 2.34. The number of H-pyrrole nitrogens is 1. The molecule has 6 heteroatoms. The van der Waals surface area contributed by atoms with E-state index in [0.29, 0.717) is 25.4 Å². The topological polar surface area (TPSA) is 77.2 Å². The molecule has 0 spiro atoms. The van der Waals surface area contributed by atoms with Gasteiger partial charge < -0.3 is 20.5 Å². The molecule has 6 nitrogen and oxygen atoms in total. The minimum atomic E-state index is -0.429. The van der Waals surface area contributed by atoms with Crippen LogP contribution in [0.2, 0.25) is 0 Å². The molecule has 140 valence electrons. The van der Waals surface area contributed by atoms with Crippen molar-refractivity contribution in [2.24, 2.45) is 0 Å². The van der Waals surface area contributed by atoms with Gasteiger partial charge in [0.1, 0.15) is 0 Å². The summed E-state index contributed by atoms with van der Waals surface area (Å²) in [7, 11) is 1.63. The molecule has 0 aliphatic heterocycles. The number of fused-ring (bicyclic) bond motifs is 1. The Morgan fingerprint density at radius 3 is 2.73 bits per heavy atom. The van der Waals surface area contributed by atoms with E-state index in [9.17, 15) is 9.59 Å². The Labute approximate surface area is 154 Å². The number of aromatic nitrogens is 1. The van der Waals surface area contributed by atoms with Crippen molar-refractivity contribution in [1.29, 1.82) is 0 Å². The van der Waals surface area contributed by atoms with Gasteiger partial charge in [-0.2, -0.15) is 0 Å². The number of carbonyl (C=O) groups excluding carboxylic acids is 2. The zero-order valence-corrected chi connectivity index (χ0v) is 15.8. The number of aromatic amines is 1. The fourth-order valence-electron chi connectivity index (χ4n) is 3.13. The van der Waals surface area contributed by atoms with Crippen LogP contribution in [0.4, 0.5) is 4.79 Å². The van der Waals surface area contributed by atoms with Gasteiger partial charge in [0.25, 0.3) is 0 Å². The van der Waals surface area contributed by atoms with E-state index < -0.39 is 5.54 Å². The molecule has 0 saturated heterocycles. The van der Waals surface area contributed by atoms with Crippen molar-refractivity contribution >= 4 is 22.8 Å². The predicted octanol–water partition coefficient (Wildman–Crippen LogP) is 3.15. The van der Waals surface area contributed by atoms with Gasteiger partial charge in [-0.15, -0.1) is 0 Å². The summed E-state index contributed by atoms with van der Waals surface area (Å²) in [6, 6.07) is 8.56. The van der Waals surface area contributed by atoms with E-state index >= 15 is 0 Å². The smallest absolute Gasteiger partial charge is 0.318 e. The summed E-state index contributed by atoms with van der Waals surface area (Å²) in [5.41, 5.74) is 1.80. The van der Waals surface area contributed by atoms with Gasteiger partial charge in [-0.1, -0.05) is 6.07 Å². The molecule has 1 aromatic heterocycles. The van der Waals surface area contributed by atoms with E-state index in [-0.39, 0.29) is 11.9 Å². The number of carbonyl (C=O) groups is 2. The van der Waals surface area contributed by atoms with Crippen molar-refractivity contribution in [1.82, 2.24) is 20.5 Å². The minimum Gasteiger partial charge on any atom is -0.361 e. The van der Waals surface area contributed by atoms with Crippen molar-refractivity contribution < 1.29 is 9.59 Å². The lowest BCUT2D eigenvalue weighted by Gasteiger charge is -2.31. The summed E-state index contributed by atoms with van der Waals surface area (Å²) in [4.78, 5) is 29.5. The van der Waals surface area contributed by atoms with Crippen LogP contribution in [-0.2, 0) is 11.3 Å². The van der Waals surface area contributed by atoms with Crippen LogP contribution in [0.1, 0.15) is 45.1 Å². The molecule has 1 aliphatic carbocycles. The number of amides is 3. The number of hydrogen-bond acceptors (Lipinski definition) is 2. The second-order valence-electron chi connectivity index (χ2n) is 7.75. The highest BCUT2D eigenvalue weighted by molar-refractivity contribution is 5.80. The van der Waals surface area contributed by atoms with Crippen LogP contribution in [0.25, 0.3) is 10.9 Å². The number of nitrogens with one attached hydrogen (secondary N) is 3. The predicted molar refractivity (Wildman–Crippen MR) is 103 cm³/mol. The first-order chi connectivity index (χ1) is 12.4. The number of nitrogens with zero attached hydrogens (tertiary/aromatic N) is 1. The Bertz CT molecular complexity index is 792. The van der Waals surface area contributed by atoms with E-state index in [1.165, 1.54) is 0 Å². The number of hydrogen-bond donors (Lipinski definition) is 3. The summed E-state index contributed by atoms with van der Waals surface area (Å²) in [5, 5.41) is 6.89. The third-order valence-electron chi connectivity index (χ3n) is 4.92. The Morgan fingerprint density at radius 2 is 2.04 bits per heavy atom. The molecule has 26 heavy (non-hydrogen) atoms. The highest BCUT2D eigenvalue weighted by Crippen LogP contribution is 2.29. The van der Waals surface area contributed by atoms with Gasteiger partial charge in [0.15, 0.2) is 0 Å². The molecule has 2 aromatic rings. The van der Waals surface area contributed by atoms with Gasteiger partial charge in [-0.05, 0) is 62.3 Å². The molecule has 1 saturated carbocycles. The van der Waals surface area contributed by atoms with Crippen LogP contribution in [0, 0.1) is 0 Å². The van der Waals surface area contributed by atoms with Crippen molar-refractivity contribution in [3.8, 4) is 0 Å². The SMILES string of the molecule is CNC(=O)CCC(C)(C)NC(=O)N(Cc1ccc2[nH]ccc2c1)C1CC1. The summed E-state index contributed by atoms with van der Waals surface area (Å²) in [6.07, 6.45) is 5.04. The average Bonchev–Trinajstić information content (AvgIpc) is 3.33. The van der Waals surface area contributed by atoms with Gasteiger partial charge in [0.05, 0.1) is 0 Å². The van der Waals surface area contributed by atoms with Gasteiger partial charge in [-0.25, -0.2) is 4.79 Å². The standard InChI is InChI=1S/C20H28N4O2/c1-20(2,10-8-18(25)21-3)23-19(26)24(16-5-6-16)13-14-4-7-17-15(12-14)9-11-22-17/h4,7,9,11-12,16,22H,5-6,8,10,13H2,1-3H3,(H,21,25)(H,23,26). The normalized spacial score (nSPS) is 14.3. The van der Waals surface area contributed by atoms with Crippen molar-refractivity contribution in [2.45, 2.75) is 57.7 Å². The Morgan fingerprint density at radius 1 is 1.27 bits per heavy atom. The van der Waals surface area contributed by atoms with E-state index in [4.69, 9.17) is 0 Å². The second kappa shape index (κ2) is 7.40. The lowest BCUT2D eigenvalue weighted by atomic mass is 9.98. The number of urea groups is 1. The third kappa shape index (κ3) is 4.56. The van der Waals surface area contributed by atoms with Crippen molar-refractivity contribution in [3.05, 3.63) is 36.0 Å². The Hall–Kier alpha value is -2.50. The molecule has 0 radical (unpaired) electrons. The fraction of sp³-hybridized carbons (Fsp3) is 0.500. The summed E-state index contributed by atoms with van der Waals surface area (Å²) >= 11 is 0. The van der Waals surface area contributed by atoms with Gasteiger partial charge in [0.2, 0.25) is 5.91 Å². The van der Waals surface area contributed by atoms with Gasteiger partial charge in [0, 0.05) is 43.3 Å². The van der Waals surface area contributed by atoms with E-state index in [2.05, 4.69) is 33.8 Å². The monoisotopic (exact) mass is 356 g/mol. The molecule has 3 amide bonds. The van der Waals surface area contributed by atoms with E-state index in [1.807, 2.05) is 31.0 Å². The Kier molecular flexibility index (Phi) is 5.20. The first-order valence-electron chi connectivity index (χ1n) is 9.23. The average molecular weight is 356 g/mol. The third-order valence-corrected chi connectivity index (χ3v) is 4.92. The summed E-state index contributed by atoms with van der Waals surface area (Å²) < 4.78 is 0. The van der Waals surface area contributed by atoms with Crippen molar-refractivity contribution in [2.75, 3.05) is 7.05 Å². The minimum absolute atomic E-state index is 0.00817. The lowest BCUT2D eigenvalue weighted by molar-refractivity contribution is -0.121. The molecule has 0 bridgehead atoms. The molecule has 1 aromatic carbocycles.